The molecular weight excluding hydrogens is 414 g/mol. The first-order chi connectivity index (χ1) is 14.6. The lowest BCUT2D eigenvalue weighted by molar-refractivity contribution is -0.118. The molecular formula is C22H21N5OS2. The minimum absolute atomic E-state index is 0.0361. The quantitative estimate of drug-likeness (QED) is 0.435. The Morgan fingerprint density at radius 3 is 2.77 bits per heavy atom. The van der Waals surface area contributed by atoms with Crippen LogP contribution in [-0.2, 0) is 11.3 Å². The summed E-state index contributed by atoms with van der Waals surface area (Å²) >= 11 is 3.00. The van der Waals surface area contributed by atoms with E-state index in [0.717, 1.165) is 16.1 Å². The monoisotopic (exact) mass is 435 g/mol. The van der Waals surface area contributed by atoms with Crippen LogP contribution in [0.25, 0.3) is 17.1 Å². The van der Waals surface area contributed by atoms with E-state index in [1.54, 1.807) is 23.7 Å². The third-order valence-electron chi connectivity index (χ3n) is 4.67. The normalized spacial score (nSPS) is 10.9. The van der Waals surface area contributed by atoms with Crippen LogP contribution < -0.4 is 5.32 Å². The minimum atomic E-state index is -0.0361. The first-order valence-electron chi connectivity index (χ1n) is 9.47. The van der Waals surface area contributed by atoms with Crippen LogP contribution >= 0.6 is 23.1 Å². The molecule has 0 saturated heterocycles. The number of hydrogen-bond donors (Lipinski definition) is 1. The van der Waals surface area contributed by atoms with Gasteiger partial charge >= 0.3 is 0 Å². The van der Waals surface area contributed by atoms with Crippen LogP contribution in [0.15, 0.2) is 65.4 Å². The Balaban J connectivity index is 1.58. The molecule has 0 radical (unpaired) electrons. The molecule has 4 rings (SSSR count). The van der Waals surface area contributed by atoms with Crippen molar-refractivity contribution in [2.75, 3.05) is 5.75 Å². The van der Waals surface area contributed by atoms with Gasteiger partial charge in [-0.15, -0.1) is 21.5 Å². The highest BCUT2D eigenvalue weighted by Crippen LogP contribution is 2.28. The zero-order valence-corrected chi connectivity index (χ0v) is 18.3. The number of carbonyl (C=O) groups is 1. The molecule has 1 aromatic carbocycles. The predicted octanol–water partition coefficient (Wildman–Crippen LogP) is 4.42. The van der Waals surface area contributed by atoms with Crippen LogP contribution in [0, 0.1) is 13.8 Å². The molecule has 0 saturated carbocycles. The van der Waals surface area contributed by atoms with Gasteiger partial charge in [-0.05, 0) is 60.7 Å². The number of thioether (sulfide) groups is 1. The molecule has 0 aliphatic carbocycles. The Kier molecular flexibility index (Phi) is 6.25. The smallest absolute Gasteiger partial charge is 0.230 e. The lowest BCUT2D eigenvalue weighted by Crippen LogP contribution is -2.24. The van der Waals surface area contributed by atoms with Gasteiger partial charge in [0.2, 0.25) is 5.91 Å². The van der Waals surface area contributed by atoms with Crippen molar-refractivity contribution < 1.29 is 4.79 Å². The topological polar surface area (TPSA) is 72.7 Å². The maximum atomic E-state index is 12.3. The molecule has 152 valence electrons. The van der Waals surface area contributed by atoms with E-state index in [-0.39, 0.29) is 11.7 Å². The van der Waals surface area contributed by atoms with E-state index >= 15 is 0 Å². The van der Waals surface area contributed by atoms with Crippen molar-refractivity contribution in [2.24, 2.45) is 0 Å². The number of aromatic nitrogens is 4. The molecule has 1 amide bonds. The average molecular weight is 436 g/mol. The lowest BCUT2D eigenvalue weighted by Gasteiger charge is -2.12. The van der Waals surface area contributed by atoms with Crippen LogP contribution in [0.4, 0.5) is 0 Å². The molecule has 0 bridgehead atoms. The number of amides is 1. The molecule has 0 spiro atoms. The number of nitrogens with zero attached hydrogens (tertiary/aromatic N) is 4. The minimum Gasteiger partial charge on any atom is -0.350 e. The fraction of sp³-hybridized carbons (Fsp3) is 0.182. The standard InChI is InChI=1S/C22H21N5OS2/c1-15-7-8-18(11-16(15)2)27-21(17-5-3-9-23-12-17)25-26-22(27)30-14-20(28)24-13-19-6-4-10-29-19/h3-12H,13-14H2,1-2H3,(H,24,28). The second kappa shape index (κ2) is 9.23. The van der Waals surface area contributed by atoms with Crippen LogP contribution in [0.5, 0.6) is 0 Å². The summed E-state index contributed by atoms with van der Waals surface area (Å²) in [5.74, 6) is 0.931. The third-order valence-corrected chi connectivity index (χ3v) is 6.48. The lowest BCUT2D eigenvalue weighted by atomic mass is 10.1. The summed E-state index contributed by atoms with van der Waals surface area (Å²) in [7, 11) is 0. The van der Waals surface area contributed by atoms with Crippen molar-refractivity contribution in [2.45, 2.75) is 25.5 Å². The van der Waals surface area contributed by atoms with E-state index in [1.807, 2.05) is 40.3 Å². The van der Waals surface area contributed by atoms with Gasteiger partial charge in [0.05, 0.1) is 18.0 Å². The predicted molar refractivity (Wildman–Crippen MR) is 121 cm³/mol. The Morgan fingerprint density at radius 1 is 1.13 bits per heavy atom. The zero-order valence-electron chi connectivity index (χ0n) is 16.7. The maximum absolute atomic E-state index is 12.3. The highest BCUT2D eigenvalue weighted by molar-refractivity contribution is 7.99. The highest BCUT2D eigenvalue weighted by Gasteiger charge is 2.18. The van der Waals surface area contributed by atoms with Gasteiger partial charge in [0.15, 0.2) is 11.0 Å². The number of thiophene rings is 1. The Labute approximate surface area is 183 Å². The summed E-state index contributed by atoms with van der Waals surface area (Å²) in [5.41, 5.74) is 4.24. The molecule has 8 heteroatoms. The van der Waals surface area contributed by atoms with Gasteiger partial charge in [-0.1, -0.05) is 23.9 Å². The maximum Gasteiger partial charge on any atom is 0.230 e. The number of nitrogens with one attached hydrogen (secondary N) is 1. The Bertz CT molecular complexity index is 1140. The molecule has 1 N–H and O–H groups in total. The van der Waals surface area contributed by atoms with Crippen LogP contribution in [0.3, 0.4) is 0 Å². The summed E-state index contributed by atoms with van der Waals surface area (Å²) in [6.45, 7) is 4.71. The number of rotatable bonds is 7. The molecule has 0 aliphatic rings. The van der Waals surface area contributed by atoms with Crippen molar-refractivity contribution in [3.63, 3.8) is 0 Å². The van der Waals surface area contributed by atoms with Crippen molar-refractivity contribution in [1.82, 2.24) is 25.1 Å². The summed E-state index contributed by atoms with van der Waals surface area (Å²) in [6, 6.07) is 14.1. The third kappa shape index (κ3) is 4.60. The molecule has 0 aliphatic heterocycles. The molecule has 0 unspecified atom stereocenters. The largest absolute Gasteiger partial charge is 0.350 e. The molecule has 30 heavy (non-hydrogen) atoms. The van der Waals surface area contributed by atoms with Crippen molar-refractivity contribution in [3.05, 3.63) is 76.2 Å². The van der Waals surface area contributed by atoms with Gasteiger partial charge in [0.1, 0.15) is 0 Å². The molecule has 0 atom stereocenters. The molecule has 3 aromatic heterocycles. The molecule has 4 aromatic rings. The Hall–Kier alpha value is -2.97. The van der Waals surface area contributed by atoms with Gasteiger partial charge in [-0.25, -0.2) is 0 Å². The first-order valence-corrected chi connectivity index (χ1v) is 11.3. The number of pyridine rings is 1. The van der Waals surface area contributed by atoms with Crippen LogP contribution in [0.1, 0.15) is 16.0 Å². The number of hydrogen-bond acceptors (Lipinski definition) is 6. The van der Waals surface area contributed by atoms with E-state index in [1.165, 1.54) is 22.9 Å². The van der Waals surface area contributed by atoms with Gasteiger partial charge in [0, 0.05) is 22.8 Å². The fourth-order valence-electron chi connectivity index (χ4n) is 2.92. The van der Waals surface area contributed by atoms with E-state index in [9.17, 15) is 4.79 Å². The summed E-state index contributed by atoms with van der Waals surface area (Å²) in [5, 5.41) is 14.4. The van der Waals surface area contributed by atoms with Gasteiger partial charge in [-0.3, -0.25) is 14.3 Å². The van der Waals surface area contributed by atoms with Gasteiger partial charge in [-0.2, -0.15) is 0 Å². The van der Waals surface area contributed by atoms with Crippen molar-refractivity contribution in [3.8, 4) is 17.1 Å². The fourth-order valence-corrected chi connectivity index (χ4v) is 4.35. The summed E-state index contributed by atoms with van der Waals surface area (Å²) < 4.78 is 1.99. The van der Waals surface area contributed by atoms with E-state index in [2.05, 4.69) is 46.5 Å². The first kappa shape index (κ1) is 20.3. The van der Waals surface area contributed by atoms with E-state index in [0.29, 0.717) is 17.5 Å². The highest BCUT2D eigenvalue weighted by atomic mass is 32.2. The summed E-state index contributed by atoms with van der Waals surface area (Å²) in [6.07, 6.45) is 3.50. The van der Waals surface area contributed by atoms with Gasteiger partial charge in [0.25, 0.3) is 0 Å². The Morgan fingerprint density at radius 2 is 2.03 bits per heavy atom. The summed E-state index contributed by atoms with van der Waals surface area (Å²) in [4.78, 5) is 17.7. The van der Waals surface area contributed by atoms with Gasteiger partial charge < -0.3 is 5.32 Å². The molecule has 6 nitrogen and oxygen atoms in total. The van der Waals surface area contributed by atoms with Crippen molar-refractivity contribution >= 4 is 29.0 Å². The number of aryl methyl sites for hydroxylation is 2. The van der Waals surface area contributed by atoms with Crippen molar-refractivity contribution in [1.29, 1.82) is 0 Å². The zero-order chi connectivity index (χ0) is 20.9. The van der Waals surface area contributed by atoms with Crippen LogP contribution in [-0.4, -0.2) is 31.4 Å². The average Bonchev–Trinajstić information content (AvgIpc) is 3.43. The number of benzene rings is 1. The second-order valence-electron chi connectivity index (χ2n) is 6.80. The van der Waals surface area contributed by atoms with E-state index < -0.39 is 0 Å². The van der Waals surface area contributed by atoms with Crippen LogP contribution in [0.2, 0.25) is 0 Å². The second-order valence-corrected chi connectivity index (χ2v) is 8.77. The molecule has 0 fully saturated rings. The number of carbonyl (C=O) groups excluding carboxylic acids is 1. The molecule has 3 heterocycles. The van der Waals surface area contributed by atoms with E-state index in [4.69, 9.17) is 0 Å². The SMILES string of the molecule is Cc1ccc(-n2c(SCC(=O)NCc3cccs3)nnc2-c2cccnc2)cc1C.